The Morgan fingerprint density at radius 1 is 0.792 bits per heavy atom. The summed E-state index contributed by atoms with van der Waals surface area (Å²) in [4.78, 5) is 45.1. The van der Waals surface area contributed by atoms with Crippen LogP contribution < -0.4 is 0 Å². The first-order valence-corrected chi connectivity index (χ1v) is 7.98. The molecule has 9 nitrogen and oxygen atoms in total. The van der Waals surface area contributed by atoms with Crippen LogP contribution in [-0.4, -0.2) is 59.9 Å². The van der Waals surface area contributed by atoms with Crippen LogP contribution >= 0.6 is 15.9 Å². The molecule has 0 spiro atoms. The van der Waals surface area contributed by atoms with E-state index in [0.717, 1.165) is 13.8 Å². The van der Waals surface area contributed by atoms with Crippen molar-refractivity contribution >= 4 is 39.8 Å². The Morgan fingerprint density at radius 3 is 1.71 bits per heavy atom. The number of carbonyl (C=O) groups excluding carboxylic acids is 4. The van der Waals surface area contributed by atoms with Gasteiger partial charge in [-0.05, 0) is 0 Å². The first kappa shape index (κ1) is 20.4. The maximum absolute atomic E-state index is 11.4. The number of halogens is 1. The number of ether oxygens (including phenoxy) is 5. The van der Waals surface area contributed by atoms with Gasteiger partial charge in [0.05, 0.1) is 0 Å². The summed E-state index contributed by atoms with van der Waals surface area (Å²) in [5, 5.41) is -0.863. The van der Waals surface area contributed by atoms with Crippen molar-refractivity contribution in [3.8, 4) is 0 Å². The van der Waals surface area contributed by atoms with Gasteiger partial charge in [0.1, 0.15) is 12.7 Å². The van der Waals surface area contributed by atoms with Crippen molar-refractivity contribution in [2.75, 3.05) is 6.61 Å². The third-order valence-electron chi connectivity index (χ3n) is 2.93. The van der Waals surface area contributed by atoms with Crippen LogP contribution in [0.1, 0.15) is 27.7 Å². The Kier molecular flexibility index (Phi) is 7.61. The molecule has 5 atom stereocenters. The maximum Gasteiger partial charge on any atom is 0.303 e. The summed E-state index contributed by atoms with van der Waals surface area (Å²) in [6.07, 6.45) is -4.22. The van der Waals surface area contributed by atoms with Gasteiger partial charge in [-0.3, -0.25) is 19.2 Å². The zero-order valence-corrected chi connectivity index (χ0v) is 15.2. The minimum Gasteiger partial charge on any atom is -0.463 e. The molecule has 1 aliphatic rings. The van der Waals surface area contributed by atoms with Crippen molar-refractivity contribution in [3.05, 3.63) is 0 Å². The van der Waals surface area contributed by atoms with Crippen LogP contribution in [-0.2, 0) is 42.9 Å². The van der Waals surface area contributed by atoms with E-state index in [1.165, 1.54) is 13.8 Å². The molecular weight excluding hydrogens is 392 g/mol. The highest BCUT2D eigenvalue weighted by atomic mass is 79.9. The van der Waals surface area contributed by atoms with E-state index in [4.69, 9.17) is 23.7 Å². The van der Waals surface area contributed by atoms with E-state index in [1.54, 1.807) is 0 Å². The van der Waals surface area contributed by atoms with Crippen molar-refractivity contribution in [2.45, 2.75) is 57.1 Å². The number of alkyl halides is 1. The van der Waals surface area contributed by atoms with E-state index in [2.05, 4.69) is 15.9 Å². The summed E-state index contributed by atoms with van der Waals surface area (Å²) in [6.45, 7) is 4.47. The van der Waals surface area contributed by atoms with E-state index in [-0.39, 0.29) is 6.61 Å². The molecule has 24 heavy (non-hydrogen) atoms. The molecule has 0 bridgehead atoms. The number of hydrogen-bond donors (Lipinski definition) is 0. The minimum absolute atomic E-state index is 0.236. The van der Waals surface area contributed by atoms with Crippen LogP contribution in [0.3, 0.4) is 0 Å². The summed E-state index contributed by atoms with van der Waals surface area (Å²) in [6, 6.07) is 0. The molecular formula is C14H19BrO9. The highest BCUT2D eigenvalue weighted by Gasteiger charge is 2.51. The smallest absolute Gasteiger partial charge is 0.303 e. The molecule has 0 aliphatic carbocycles. The average molecular weight is 411 g/mol. The van der Waals surface area contributed by atoms with Gasteiger partial charge >= 0.3 is 23.9 Å². The van der Waals surface area contributed by atoms with Crippen LogP contribution in [0.15, 0.2) is 0 Å². The average Bonchev–Trinajstić information content (AvgIpc) is 2.42. The van der Waals surface area contributed by atoms with E-state index in [0.29, 0.717) is 0 Å². The largest absolute Gasteiger partial charge is 0.463 e. The quantitative estimate of drug-likeness (QED) is 0.362. The Balaban J connectivity index is 3.11. The van der Waals surface area contributed by atoms with Crippen molar-refractivity contribution in [2.24, 2.45) is 0 Å². The molecule has 0 unspecified atom stereocenters. The van der Waals surface area contributed by atoms with E-state index < -0.39 is 53.3 Å². The second kappa shape index (κ2) is 8.97. The number of hydrogen-bond acceptors (Lipinski definition) is 9. The molecule has 10 heteroatoms. The predicted octanol–water partition coefficient (Wildman–Crippen LogP) is 0.464. The van der Waals surface area contributed by atoms with Gasteiger partial charge in [-0.15, -0.1) is 0 Å². The summed E-state index contributed by atoms with van der Waals surface area (Å²) >= 11 is 3.18. The van der Waals surface area contributed by atoms with Crippen LogP contribution in [0.5, 0.6) is 0 Å². The molecule has 0 N–H and O–H groups in total. The Bertz CT molecular complexity index is 506. The zero-order chi connectivity index (χ0) is 18.4. The SMILES string of the molecule is CC(=O)OC[C@H]1O[C@H](Br)[C@H](OC(C)=O)[C@@H](OC(C)=O)[C@@H]1OC(C)=O. The van der Waals surface area contributed by atoms with Gasteiger partial charge in [-0.1, -0.05) is 15.9 Å². The number of carbonyl (C=O) groups is 4. The van der Waals surface area contributed by atoms with E-state index >= 15 is 0 Å². The monoisotopic (exact) mass is 410 g/mol. The lowest BCUT2D eigenvalue weighted by atomic mass is 9.99. The maximum atomic E-state index is 11.4. The molecule has 1 fully saturated rings. The summed E-state index contributed by atoms with van der Waals surface area (Å²) in [5.74, 6) is -2.52. The topological polar surface area (TPSA) is 114 Å². The summed E-state index contributed by atoms with van der Waals surface area (Å²) < 4.78 is 25.9. The van der Waals surface area contributed by atoms with Crippen molar-refractivity contribution in [1.29, 1.82) is 0 Å². The van der Waals surface area contributed by atoms with Gasteiger partial charge in [0.2, 0.25) is 0 Å². The van der Waals surface area contributed by atoms with Gasteiger partial charge in [0.25, 0.3) is 0 Å². The molecule has 0 aromatic rings. The molecule has 0 aromatic heterocycles. The molecule has 1 aliphatic heterocycles. The molecule has 1 saturated heterocycles. The Hall–Kier alpha value is -1.68. The van der Waals surface area contributed by atoms with Crippen molar-refractivity contribution in [1.82, 2.24) is 0 Å². The molecule has 0 amide bonds. The van der Waals surface area contributed by atoms with Gasteiger partial charge in [-0.2, -0.15) is 0 Å². The minimum atomic E-state index is -1.13. The number of esters is 4. The van der Waals surface area contributed by atoms with E-state index in [9.17, 15) is 19.2 Å². The third-order valence-corrected chi connectivity index (χ3v) is 3.67. The lowest BCUT2D eigenvalue weighted by molar-refractivity contribution is -0.236. The standard InChI is InChI=1S/C14H19BrO9/c1-6(16)20-5-10-11(21-7(2)17)12(22-8(3)18)13(14(15)24-10)23-9(4)19/h10-14H,5H2,1-4H3/t10-,11-,12+,13-,14+/m1/s1. The first-order valence-electron chi connectivity index (χ1n) is 7.06. The van der Waals surface area contributed by atoms with Crippen LogP contribution in [0.25, 0.3) is 0 Å². The van der Waals surface area contributed by atoms with Gasteiger partial charge in [-0.25, -0.2) is 0 Å². The fourth-order valence-electron chi connectivity index (χ4n) is 2.18. The molecule has 136 valence electrons. The summed E-state index contributed by atoms with van der Waals surface area (Å²) in [7, 11) is 0. The predicted molar refractivity (Wildman–Crippen MR) is 80.9 cm³/mol. The summed E-state index contributed by atoms with van der Waals surface area (Å²) in [5.41, 5.74) is 0. The lowest BCUT2D eigenvalue weighted by Gasteiger charge is -2.42. The van der Waals surface area contributed by atoms with Crippen LogP contribution in [0.2, 0.25) is 0 Å². The van der Waals surface area contributed by atoms with Gasteiger partial charge < -0.3 is 23.7 Å². The fourth-order valence-corrected chi connectivity index (χ4v) is 2.86. The van der Waals surface area contributed by atoms with Crippen LogP contribution in [0.4, 0.5) is 0 Å². The van der Waals surface area contributed by atoms with Crippen molar-refractivity contribution in [3.63, 3.8) is 0 Å². The number of rotatable bonds is 5. The third kappa shape index (κ3) is 6.08. The second-order valence-corrected chi connectivity index (χ2v) is 5.95. The van der Waals surface area contributed by atoms with Crippen molar-refractivity contribution < 1.29 is 42.9 Å². The molecule has 1 heterocycles. The first-order chi connectivity index (χ1) is 11.1. The molecule has 0 saturated carbocycles. The lowest BCUT2D eigenvalue weighted by Crippen LogP contribution is -2.60. The normalized spacial score (nSPS) is 29.3. The fraction of sp³-hybridized carbons (Fsp3) is 0.714. The molecule has 0 radical (unpaired) electrons. The van der Waals surface area contributed by atoms with E-state index in [1.807, 2.05) is 0 Å². The highest BCUT2D eigenvalue weighted by molar-refractivity contribution is 9.09. The highest BCUT2D eigenvalue weighted by Crippen LogP contribution is 2.31. The Labute approximate surface area is 147 Å². The van der Waals surface area contributed by atoms with Gasteiger partial charge in [0.15, 0.2) is 23.3 Å². The zero-order valence-electron chi connectivity index (χ0n) is 13.6. The van der Waals surface area contributed by atoms with Gasteiger partial charge in [0, 0.05) is 27.7 Å². The molecule has 1 rings (SSSR count). The second-order valence-electron chi connectivity index (χ2n) is 5.05. The Morgan fingerprint density at radius 2 is 1.25 bits per heavy atom. The van der Waals surface area contributed by atoms with Crippen LogP contribution in [0, 0.1) is 0 Å². The molecule has 0 aromatic carbocycles.